The van der Waals surface area contributed by atoms with Crippen molar-refractivity contribution in [3.05, 3.63) is 29.8 Å². The maximum atomic E-state index is 13.2. The topological polar surface area (TPSA) is 72.5 Å². The minimum atomic E-state index is -4.08. The summed E-state index contributed by atoms with van der Waals surface area (Å²) < 4.78 is 55.9. The van der Waals surface area contributed by atoms with Gasteiger partial charge in [-0.25, -0.2) is 17.2 Å². The Kier molecular flexibility index (Phi) is 5.12. The van der Waals surface area contributed by atoms with E-state index in [0.717, 1.165) is 25.0 Å². The Bertz CT molecular complexity index is 657. The smallest absolute Gasteiger partial charge is 0.238 e. The van der Waals surface area contributed by atoms with Crippen LogP contribution in [0.25, 0.3) is 0 Å². The van der Waals surface area contributed by atoms with Crippen LogP contribution in [-0.2, 0) is 19.4 Å². The molecular weight excluding hydrogens is 316 g/mol. The van der Waals surface area contributed by atoms with Crippen molar-refractivity contribution >= 4 is 15.7 Å². The van der Waals surface area contributed by atoms with Crippen molar-refractivity contribution in [1.29, 1.82) is 0 Å². The van der Waals surface area contributed by atoms with E-state index in [4.69, 9.17) is 4.74 Å². The molecule has 1 aromatic carbocycles. The molecule has 1 fully saturated rings. The van der Waals surface area contributed by atoms with E-state index < -0.39 is 37.5 Å². The number of hydrogen-bond donors (Lipinski definition) is 1. The van der Waals surface area contributed by atoms with E-state index in [1.807, 2.05) is 0 Å². The van der Waals surface area contributed by atoms with Crippen LogP contribution < -0.4 is 5.32 Å². The molecule has 1 aliphatic rings. The van der Waals surface area contributed by atoms with E-state index in [2.05, 4.69) is 5.32 Å². The molecule has 0 aromatic heterocycles. The molecule has 5 nitrogen and oxygen atoms in total. The number of benzene rings is 1. The molecule has 8 heteroatoms. The molecule has 2 atom stereocenters. The molecule has 0 spiro atoms. The number of hydrogen-bond acceptors (Lipinski definition) is 4. The van der Waals surface area contributed by atoms with Gasteiger partial charge in [0.1, 0.15) is 5.25 Å². The van der Waals surface area contributed by atoms with Crippen molar-refractivity contribution < 1.29 is 26.7 Å². The Hall–Kier alpha value is -1.54. The van der Waals surface area contributed by atoms with Crippen molar-refractivity contribution in [2.45, 2.75) is 36.0 Å². The van der Waals surface area contributed by atoms with Gasteiger partial charge in [-0.05, 0) is 38.0 Å². The summed E-state index contributed by atoms with van der Waals surface area (Å²) in [6.07, 6.45) is 1.61. The fourth-order valence-corrected chi connectivity index (χ4v) is 3.46. The predicted molar refractivity (Wildman–Crippen MR) is 75.0 cm³/mol. The summed E-state index contributed by atoms with van der Waals surface area (Å²) in [6, 6.07) is 2.24. The molecule has 1 aliphatic heterocycles. The molecule has 0 radical (unpaired) electrons. The molecule has 0 saturated carbocycles. The van der Waals surface area contributed by atoms with Crippen molar-refractivity contribution in [2.75, 3.05) is 13.2 Å². The Labute approximate surface area is 127 Å². The number of sulfone groups is 1. The highest BCUT2D eigenvalue weighted by molar-refractivity contribution is 7.92. The molecule has 22 heavy (non-hydrogen) atoms. The normalized spacial score (nSPS) is 19.9. The van der Waals surface area contributed by atoms with Crippen molar-refractivity contribution in [1.82, 2.24) is 5.32 Å². The van der Waals surface area contributed by atoms with E-state index in [1.165, 1.54) is 6.92 Å². The lowest BCUT2D eigenvalue weighted by atomic mass is 10.2. The number of ether oxygens (including phenoxy) is 1. The maximum Gasteiger partial charge on any atom is 0.238 e. The van der Waals surface area contributed by atoms with Gasteiger partial charge in [-0.2, -0.15) is 0 Å². The second-order valence-electron chi connectivity index (χ2n) is 5.14. The minimum absolute atomic E-state index is 0.109. The number of carbonyl (C=O) groups is 1. The van der Waals surface area contributed by atoms with Crippen LogP contribution in [0.5, 0.6) is 0 Å². The van der Waals surface area contributed by atoms with Gasteiger partial charge in [0.25, 0.3) is 0 Å². The standard InChI is InChI=1S/C14H17F2NO4S/c1-9(14(18)17-8-10-3-2-6-21-10)22(19,20)11-4-5-12(15)13(16)7-11/h4-5,7,9-10H,2-3,6,8H2,1H3,(H,17,18)/t9-,10-/m1/s1. The lowest BCUT2D eigenvalue weighted by Gasteiger charge is -2.15. The van der Waals surface area contributed by atoms with E-state index in [0.29, 0.717) is 12.7 Å². The largest absolute Gasteiger partial charge is 0.376 e. The average Bonchev–Trinajstić information content (AvgIpc) is 3.00. The molecule has 122 valence electrons. The van der Waals surface area contributed by atoms with Gasteiger partial charge in [-0.3, -0.25) is 4.79 Å². The van der Waals surface area contributed by atoms with Crippen LogP contribution in [-0.4, -0.2) is 38.8 Å². The first-order chi connectivity index (χ1) is 10.3. The first-order valence-corrected chi connectivity index (χ1v) is 8.45. The molecular formula is C14H17F2NO4S. The highest BCUT2D eigenvalue weighted by atomic mass is 32.2. The van der Waals surface area contributed by atoms with Crippen molar-refractivity contribution in [3.8, 4) is 0 Å². The Morgan fingerprint density at radius 2 is 2.14 bits per heavy atom. The van der Waals surface area contributed by atoms with Gasteiger partial charge >= 0.3 is 0 Å². The molecule has 0 aliphatic carbocycles. The van der Waals surface area contributed by atoms with Crippen LogP contribution in [0.2, 0.25) is 0 Å². The van der Waals surface area contributed by atoms with Crippen molar-refractivity contribution in [3.63, 3.8) is 0 Å². The SMILES string of the molecule is C[C@H](C(=O)NC[C@H]1CCCO1)S(=O)(=O)c1ccc(F)c(F)c1. The average molecular weight is 333 g/mol. The summed E-state index contributed by atoms with van der Waals surface area (Å²) in [6.45, 7) is 2.07. The van der Waals surface area contributed by atoms with Gasteiger partial charge in [0.05, 0.1) is 11.0 Å². The third kappa shape index (κ3) is 3.61. The zero-order valence-electron chi connectivity index (χ0n) is 12.0. The minimum Gasteiger partial charge on any atom is -0.376 e. The molecule has 1 amide bonds. The van der Waals surface area contributed by atoms with Gasteiger partial charge in [-0.15, -0.1) is 0 Å². The van der Waals surface area contributed by atoms with Gasteiger partial charge in [0.2, 0.25) is 5.91 Å². The predicted octanol–water partition coefficient (Wildman–Crippen LogP) is 1.42. The van der Waals surface area contributed by atoms with Crippen LogP contribution in [0, 0.1) is 11.6 Å². The van der Waals surface area contributed by atoms with Crippen molar-refractivity contribution in [2.24, 2.45) is 0 Å². The number of rotatable bonds is 5. The first-order valence-electron chi connectivity index (χ1n) is 6.90. The maximum absolute atomic E-state index is 13.2. The number of nitrogens with one attached hydrogen (secondary N) is 1. The summed E-state index contributed by atoms with van der Waals surface area (Å²) in [5, 5.41) is 1.11. The zero-order valence-corrected chi connectivity index (χ0v) is 12.8. The first kappa shape index (κ1) is 16.8. The number of halogens is 2. The summed E-state index contributed by atoms with van der Waals surface area (Å²) in [5.74, 6) is -3.11. The molecule has 1 saturated heterocycles. The van der Waals surface area contributed by atoms with Gasteiger partial charge in [0, 0.05) is 13.2 Å². The summed E-state index contributed by atoms with van der Waals surface area (Å²) in [7, 11) is -4.08. The summed E-state index contributed by atoms with van der Waals surface area (Å²) in [4.78, 5) is 11.5. The Morgan fingerprint density at radius 3 is 2.73 bits per heavy atom. The van der Waals surface area contributed by atoms with Gasteiger partial charge < -0.3 is 10.1 Å². The quantitative estimate of drug-likeness (QED) is 0.827. The monoisotopic (exact) mass is 333 g/mol. The fraction of sp³-hybridized carbons (Fsp3) is 0.500. The van der Waals surface area contributed by atoms with E-state index in [-0.39, 0.29) is 12.6 Å². The van der Waals surface area contributed by atoms with Crippen LogP contribution in [0.3, 0.4) is 0 Å². The summed E-state index contributed by atoms with van der Waals surface area (Å²) >= 11 is 0. The van der Waals surface area contributed by atoms with E-state index in [9.17, 15) is 22.0 Å². The second-order valence-corrected chi connectivity index (χ2v) is 7.41. The number of amides is 1. The van der Waals surface area contributed by atoms with Crippen LogP contribution in [0.1, 0.15) is 19.8 Å². The fourth-order valence-electron chi connectivity index (χ4n) is 2.16. The molecule has 2 rings (SSSR count). The Morgan fingerprint density at radius 1 is 1.41 bits per heavy atom. The molecule has 0 unspecified atom stereocenters. The lowest BCUT2D eigenvalue weighted by Crippen LogP contribution is -2.41. The third-order valence-electron chi connectivity index (χ3n) is 3.58. The Balaban J connectivity index is 2.06. The summed E-state index contributed by atoms with van der Waals surface area (Å²) in [5.41, 5.74) is 0. The molecule has 1 heterocycles. The second kappa shape index (κ2) is 6.70. The van der Waals surface area contributed by atoms with Crippen LogP contribution >= 0.6 is 0 Å². The van der Waals surface area contributed by atoms with Gasteiger partial charge in [0.15, 0.2) is 21.5 Å². The molecule has 1 aromatic rings. The van der Waals surface area contributed by atoms with Gasteiger partial charge in [-0.1, -0.05) is 0 Å². The highest BCUT2D eigenvalue weighted by Gasteiger charge is 2.31. The number of carbonyl (C=O) groups excluding carboxylic acids is 1. The molecule has 1 N–H and O–H groups in total. The zero-order chi connectivity index (χ0) is 16.3. The molecule has 0 bridgehead atoms. The van der Waals surface area contributed by atoms with E-state index in [1.54, 1.807) is 0 Å². The lowest BCUT2D eigenvalue weighted by molar-refractivity contribution is -0.120. The third-order valence-corrected chi connectivity index (χ3v) is 5.64. The van der Waals surface area contributed by atoms with Crippen LogP contribution in [0.15, 0.2) is 23.1 Å². The highest BCUT2D eigenvalue weighted by Crippen LogP contribution is 2.19. The van der Waals surface area contributed by atoms with E-state index >= 15 is 0 Å². The van der Waals surface area contributed by atoms with Crippen LogP contribution in [0.4, 0.5) is 8.78 Å².